The lowest BCUT2D eigenvalue weighted by Crippen LogP contribution is -2.51. The number of hydrogen-bond donors (Lipinski definition) is 2. The van der Waals surface area contributed by atoms with E-state index in [1.165, 1.54) is 6.20 Å². The summed E-state index contributed by atoms with van der Waals surface area (Å²) in [6.45, 7) is 6.54. The van der Waals surface area contributed by atoms with E-state index in [9.17, 15) is 18.7 Å². The fourth-order valence-corrected chi connectivity index (χ4v) is 2.95. The molecule has 1 aliphatic rings. The number of fused-ring (bicyclic) bond motifs is 1. The number of nitrogens with zero attached hydrogens (tertiary/aromatic N) is 4. The van der Waals surface area contributed by atoms with E-state index in [-0.39, 0.29) is 17.5 Å². The fraction of sp³-hybridized carbons (Fsp3) is 0.421. The molecule has 0 radical (unpaired) electrons. The van der Waals surface area contributed by atoms with Gasteiger partial charge in [-0.25, -0.2) is 13.8 Å². The molecule has 28 heavy (non-hydrogen) atoms. The molecule has 1 aromatic heterocycles. The molecule has 2 aromatic rings. The predicted octanol–water partition coefficient (Wildman–Crippen LogP) is 3.42. The predicted molar refractivity (Wildman–Crippen MR) is 103 cm³/mol. The van der Waals surface area contributed by atoms with Crippen molar-refractivity contribution >= 4 is 29.0 Å². The first-order chi connectivity index (χ1) is 13.2. The van der Waals surface area contributed by atoms with E-state index >= 15 is 0 Å². The zero-order valence-corrected chi connectivity index (χ0v) is 16.2. The number of phenolic OH excluding ortho intramolecular Hbond substituents is 1. The van der Waals surface area contributed by atoms with Crippen LogP contribution in [0.2, 0.25) is 0 Å². The van der Waals surface area contributed by atoms with Gasteiger partial charge in [-0.3, -0.25) is 4.79 Å². The Morgan fingerprint density at radius 3 is 2.54 bits per heavy atom. The average Bonchev–Trinajstić information content (AvgIpc) is 2.64. The van der Waals surface area contributed by atoms with Gasteiger partial charge in [-0.15, -0.1) is 0 Å². The smallest absolute Gasteiger partial charge is 0.249 e. The molecule has 3 rings (SSSR count). The van der Waals surface area contributed by atoms with Gasteiger partial charge in [0, 0.05) is 31.4 Å². The van der Waals surface area contributed by atoms with Crippen LogP contribution in [-0.4, -0.2) is 40.6 Å². The van der Waals surface area contributed by atoms with Crippen molar-refractivity contribution in [2.75, 3.05) is 28.7 Å². The molecule has 7 nitrogen and oxygen atoms in total. The summed E-state index contributed by atoms with van der Waals surface area (Å²) >= 11 is 0. The third-order valence-electron chi connectivity index (χ3n) is 4.78. The highest BCUT2D eigenvalue weighted by molar-refractivity contribution is 6.04. The third-order valence-corrected chi connectivity index (χ3v) is 4.78. The number of benzene rings is 1. The molecule has 2 heterocycles. The lowest BCUT2D eigenvalue weighted by molar-refractivity contribution is -0.119. The van der Waals surface area contributed by atoms with E-state index in [4.69, 9.17) is 0 Å². The first kappa shape index (κ1) is 19.8. The Balaban J connectivity index is 1.93. The van der Waals surface area contributed by atoms with E-state index in [1.807, 2.05) is 0 Å². The maximum atomic E-state index is 13.6. The maximum absolute atomic E-state index is 13.6. The number of amides is 1. The van der Waals surface area contributed by atoms with Crippen LogP contribution >= 0.6 is 0 Å². The standard InChI is InChI=1S/C19H23F2N5O2/c1-10(2)5-6-26-15-9-22-19(24-17(15)25(4)11(3)18(26)28)23-12-7-13(20)16(27)14(21)8-12/h7-11,27H,5-6H2,1-4H3,(H,22,23,24)/t11-/m1/s1. The summed E-state index contributed by atoms with van der Waals surface area (Å²) in [4.78, 5) is 24.8. The van der Waals surface area contributed by atoms with Crippen molar-refractivity contribution in [1.29, 1.82) is 0 Å². The number of likely N-dealkylation sites (N-methyl/N-ethyl adjacent to an activating group) is 1. The van der Waals surface area contributed by atoms with Crippen molar-refractivity contribution < 1.29 is 18.7 Å². The number of hydrogen-bond acceptors (Lipinski definition) is 6. The Morgan fingerprint density at radius 1 is 1.29 bits per heavy atom. The summed E-state index contributed by atoms with van der Waals surface area (Å²) in [7, 11) is 1.76. The van der Waals surface area contributed by atoms with Crippen LogP contribution in [0.25, 0.3) is 0 Å². The van der Waals surface area contributed by atoms with Gasteiger partial charge in [0.05, 0.1) is 6.20 Å². The van der Waals surface area contributed by atoms with Crippen molar-refractivity contribution in [2.45, 2.75) is 33.2 Å². The van der Waals surface area contributed by atoms with E-state index in [1.54, 1.807) is 23.8 Å². The normalized spacial score (nSPS) is 16.5. The Labute approximate surface area is 162 Å². The van der Waals surface area contributed by atoms with Gasteiger partial charge in [0.2, 0.25) is 11.9 Å². The zero-order chi connectivity index (χ0) is 20.6. The molecule has 1 atom stereocenters. The lowest BCUT2D eigenvalue weighted by atomic mass is 10.1. The van der Waals surface area contributed by atoms with Gasteiger partial charge in [-0.1, -0.05) is 13.8 Å². The van der Waals surface area contributed by atoms with Gasteiger partial charge in [0.1, 0.15) is 11.7 Å². The van der Waals surface area contributed by atoms with Crippen molar-refractivity contribution in [3.8, 4) is 5.75 Å². The molecule has 0 bridgehead atoms. The molecule has 0 unspecified atom stereocenters. The molecule has 0 saturated heterocycles. The van der Waals surface area contributed by atoms with Crippen LogP contribution in [0.3, 0.4) is 0 Å². The second-order valence-corrected chi connectivity index (χ2v) is 7.28. The number of anilines is 4. The van der Waals surface area contributed by atoms with Crippen LogP contribution in [0.1, 0.15) is 27.2 Å². The summed E-state index contributed by atoms with van der Waals surface area (Å²) in [5.41, 5.74) is 0.659. The minimum Gasteiger partial charge on any atom is -0.503 e. The molecule has 0 fully saturated rings. The quantitative estimate of drug-likeness (QED) is 0.760. The van der Waals surface area contributed by atoms with E-state index in [0.717, 1.165) is 18.6 Å². The minimum atomic E-state index is -1.09. The van der Waals surface area contributed by atoms with Gasteiger partial charge in [0.25, 0.3) is 0 Å². The molecule has 2 N–H and O–H groups in total. The summed E-state index contributed by atoms with van der Waals surface area (Å²) in [5.74, 6) is -2.12. The molecular formula is C19H23F2N5O2. The van der Waals surface area contributed by atoms with Crippen molar-refractivity contribution in [3.63, 3.8) is 0 Å². The van der Waals surface area contributed by atoms with Crippen LogP contribution < -0.4 is 15.1 Å². The second-order valence-electron chi connectivity index (χ2n) is 7.28. The number of phenols is 1. The number of carbonyl (C=O) groups excluding carboxylic acids is 1. The van der Waals surface area contributed by atoms with Crippen molar-refractivity contribution in [1.82, 2.24) is 9.97 Å². The van der Waals surface area contributed by atoms with Gasteiger partial charge >= 0.3 is 0 Å². The molecule has 0 spiro atoms. The number of aromatic hydroxyl groups is 1. The van der Waals surface area contributed by atoms with Gasteiger partial charge in [-0.05, 0) is 19.3 Å². The van der Waals surface area contributed by atoms with Crippen LogP contribution in [0, 0.1) is 17.6 Å². The van der Waals surface area contributed by atoms with Crippen molar-refractivity contribution in [2.24, 2.45) is 5.92 Å². The van der Waals surface area contributed by atoms with Crippen LogP contribution in [-0.2, 0) is 4.79 Å². The summed E-state index contributed by atoms with van der Waals surface area (Å²) in [5, 5.41) is 11.9. The number of carbonyl (C=O) groups is 1. The van der Waals surface area contributed by atoms with Gasteiger partial charge < -0.3 is 20.2 Å². The third kappa shape index (κ3) is 3.69. The number of nitrogens with one attached hydrogen (secondary N) is 1. The largest absolute Gasteiger partial charge is 0.503 e. The molecular weight excluding hydrogens is 368 g/mol. The first-order valence-corrected chi connectivity index (χ1v) is 9.05. The highest BCUT2D eigenvalue weighted by Crippen LogP contribution is 2.34. The SMILES string of the molecule is CC(C)CCN1C(=O)[C@@H](C)N(C)c2nc(Nc3cc(F)c(O)c(F)c3)ncc21. The summed E-state index contributed by atoms with van der Waals surface area (Å²) in [6, 6.07) is 1.50. The zero-order valence-electron chi connectivity index (χ0n) is 16.2. The van der Waals surface area contributed by atoms with Gasteiger partial charge in [0.15, 0.2) is 23.2 Å². The number of aromatic nitrogens is 2. The monoisotopic (exact) mass is 391 g/mol. The summed E-state index contributed by atoms with van der Waals surface area (Å²) < 4.78 is 27.1. The average molecular weight is 391 g/mol. The molecule has 1 aromatic carbocycles. The Kier molecular flexibility index (Phi) is 5.35. The lowest BCUT2D eigenvalue weighted by Gasteiger charge is -2.38. The highest BCUT2D eigenvalue weighted by atomic mass is 19.1. The van der Waals surface area contributed by atoms with E-state index in [0.29, 0.717) is 24.0 Å². The summed E-state index contributed by atoms with van der Waals surface area (Å²) in [6.07, 6.45) is 2.37. The highest BCUT2D eigenvalue weighted by Gasteiger charge is 2.35. The first-order valence-electron chi connectivity index (χ1n) is 9.05. The van der Waals surface area contributed by atoms with Crippen LogP contribution in [0.4, 0.5) is 31.9 Å². The van der Waals surface area contributed by atoms with Crippen LogP contribution in [0.5, 0.6) is 5.75 Å². The maximum Gasteiger partial charge on any atom is 0.249 e. The Morgan fingerprint density at radius 2 is 1.93 bits per heavy atom. The Hall–Kier alpha value is -2.97. The molecule has 1 aliphatic heterocycles. The molecule has 0 aliphatic carbocycles. The van der Waals surface area contributed by atoms with Crippen LogP contribution in [0.15, 0.2) is 18.3 Å². The second kappa shape index (κ2) is 7.57. The molecule has 0 saturated carbocycles. The Bertz CT molecular complexity index is 883. The van der Waals surface area contributed by atoms with E-state index in [2.05, 4.69) is 29.1 Å². The number of halogens is 2. The molecule has 1 amide bonds. The molecule has 150 valence electrons. The molecule has 9 heteroatoms. The van der Waals surface area contributed by atoms with E-state index < -0.39 is 23.4 Å². The van der Waals surface area contributed by atoms with Crippen molar-refractivity contribution in [3.05, 3.63) is 30.0 Å². The minimum absolute atomic E-state index is 0.0253. The number of rotatable bonds is 5. The topological polar surface area (TPSA) is 81.6 Å². The van der Waals surface area contributed by atoms with Gasteiger partial charge in [-0.2, -0.15) is 4.98 Å². The fourth-order valence-electron chi connectivity index (χ4n) is 2.95.